The molecule has 1 rings (SSSR count). The molecule has 0 aliphatic carbocycles. The molecule has 1 aromatic rings. The molecule has 5 nitrogen and oxygen atoms in total. The third-order valence-electron chi connectivity index (χ3n) is 3.08. The zero-order chi connectivity index (χ0) is 14.4. The third-order valence-corrected chi connectivity index (χ3v) is 3.08. The van der Waals surface area contributed by atoms with Gasteiger partial charge in [-0.3, -0.25) is 4.79 Å². The van der Waals surface area contributed by atoms with Gasteiger partial charge in [-0.1, -0.05) is 31.2 Å². The monoisotopic (exact) mass is 264 g/mol. The van der Waals surface area contributed by atoms with E-state index in [0.717, 1.165) is 12.0 Å². The first-order valence-electron chi connectivity index (χ1n) is 6.27. The molecule has 0 aliphatic heterocycles. The molecule has 1 aromatic carbocycles. The number of nitrogens with two attached hydrogens (primary N) is 1. The van der Waals surface area contributed by atoms with Crippen LogP contribution < -0.4 is 5.73 Å². The fraction of sp³-hybridized carbons (Fsp3) is 0.429. The summed E-state index contributed by atoms with van der Waals surface area (Å²) >= 11 is 0. The molecule has 0 saturated carbocycles. The maximum atomic E-state index is 11.6. The molecule has 0 radical (unpaired) electrons. The Morgan fingerprint density at radius 3 is 2.26 bits per heavy atom. The summed E-state index contributed by atoms with van der Waals surface area (Å²) in [6.45, 7) is 2.54. The van der Waals surface area contributed by atoms with Gasteiger partial charge in [-0.15, -0.1) is 0 Å². The highest BCUT2D eigenvalue weighted by Crippen LogP contribution is 2.06. The van der Waals surface area contributed by atoms with Crippen LogP contribution in [0.1, 0.15) is 18.1 Å². The highest BCUT2D eigenvalue weighted by molar-refractivity contribution is 6.00. The number of carboxylic acids is 1. The molecule has 19 heavy (non-hydrogen) atoms. The minimum atomic E-state index is -1.48. The number of aliphatic carboxylic acids is 1. The summed E-state index contributed by atoms with van der Waals surface area (Å²) < 4.78 is 0. The maximum absolute atomic E-state index is 11.6. The normalized spacial score (nSPS) is 11.9. The molecular formula is C14H20N2O3. The number of carboxylic acid groups (broad SMARTS) is 1. The topological polar surface area (TPSA) is 83.6 Å². The summed E-state index contributed by atoms with van der Waals surface area (Å²) in [6.07, 6.45) is 1.67. The van der Waals surface area contributed by atoms with Crippen LogP contribution in [0.4, 0.5) is 0 Å². The van der Waals surface area contributed by atoms with Crippen molar-refractivity contribution in [2.45, 2.75) is 25.8 Å². The molecule has 0 spiro atoms. The Bertz CT molecular complexity index is 443. The number of hydrogen-bond donors (Lipinski definition) is 2. The van der Waals surface area contributed by atoms with Crippen LogP contribution in [0.25, 0.3) is 0 Å². The first kappa shape index (κ1) is 15.2. The first-order chi connectivity index (χ1) is 8.95. The molecule has 0 saturated heterocycles. The molecule has 1 amide bonds. The number of hydrogen-bond acceptors (Lipinski definition) is 3. The quantitative estimate of drug-likeness (QED) is 0.739. The van der Waals surface area contributed by atoms with Gasteiger partial charge in [0.25, 0.3) is 5.91 Å². The van der Waals surface area contributed by atoms with E-state index in [9.17, 15) is 9.59 Å². The van der Waals surface area contributed by atoms with E-state index in [1.807, 2.05) is 12.1 Å². The Kier molecular flexibility index (Phi) is 5.51. The number of nitrogens with zero attached hydrogens (tertiary/aromatic N) is 1. The summed E-state index contributed by atoms with van der Waals surface area (Å²) in [5.41, 5.74) is 7.65. The Labute approximate surface area is 113 Å². The minimum absolute atomic E-state index is 0.450. The predicted octanol–water partition coefficient (Wildman–Crippen LogP) is 0.662. The highest BCUT2D eigenvalue weighted by Gasteiger charge is 2.24. The number of aryl methyl sites for hydroxylation is 1. The van der Waals surface area contributed by atoms with Crippen LogP contribution in [0.3, 0.4) is 0 Å². The summed E-state index contributed by atoms with van der Waals surface area (Å²) in [6, 6.07) is 6.68. The van der Waals surface area contributed by atoms with E-state index in [-0.39, 0.29) is 0 Å². The lowest BCUT2D eigenvalue weighted by molar-refractivity contribution is -0.145. The number of amides is 1. The van der Waals surface area contributed by atoms with E-state index in [0.29, 0.717) is 13.0 Å². The van der Waals surface area contributed by atoms with E-state index in [1.54, 1.807) is 7.05 Å². The van der Waals surface area contributed by atoms with Gasteiger partial charge in [-0.25, -0.2) is 4.79 Å². The van der Waals surface area contributed by atoms with Crippen LogP contribution in [0.2, 0.25) is 0 Å². The van der Waals surface area contributed by atoms with Crippen molar-refractivity contribution in [2.75, 3.05) is 13.6 Å². The zero-order valence-corrected chi connectivity index (χ0v) is 11.3. The van der Waals surface area contributed by atoms with E-state index in [1.165, 1.54) is 10.5 Å². The minimum Gasteiger partial charge on any atom is -0.480 e. The van der Waals surface area contributed by atoms with Crippen molar-refractivity contribution in [1.82, 2.24) is 4.90 Å². The van der Waals surface area contributed by atoms with Gasteiger partial charge >= 0.3 is 5.97 Å². The lowest BCUT2D eigenvalue weighted by Gasteiger charge is -2.19. The van der Waals surface area contributed by atoms with Gasteiger partial charge in [0.05, 0.1) is 0 Å². The Balaban J connectivity index is 2.51. The smallest absolute Gasteiger partial charge is 0.330 e. The predicted molar refractivity (Wildman–Crippen MR) is 72.8 cm³/mol. The van der Waals surface area contributed by atoms with Gasteiger partial charge in [-0.2, -0.15) is 0 Å². The molecule has 0 heterocycles. The number of carbonyl (C=O) groups excluding carboxylic acids is 1. The van der Waals surface area contributed by atoms with Gasteiger partial charge in [0, 0.05) is 13.6 Å². The third kappa shape index (κ3) is 4.37. The highest BCUT2D eigenvalue weighted by atomic mass is 16.4. The van der Waals surface area contributed by atoms with Crippen molar-refractivity contribution < 1.29 is 14.7 Å². The fourth-order valence-electron chi connectivity index (χ4n) is 1.69. The van der Waals surface area contributed by atoms with Crippen molar-refractivity contribution in [3.8, 4) is 0 Å². The van der Waals surface area contributed by atoms with E-state index < -0.39 is 17.9 Å². The molecule has 0 fully saturated rings. The van der Waals surface area contributed by atoms with E-state index >= 15 is 0 Å². The Hall–Kier alpha value is -1.88. The zero-order valence-electron chi connectivity index (χ0n) is 11.3. The molecule has 5 heteroatoms. The van der Waals surface area contributed by atoms with Crippen LogP contribution in [0.5, 0.6) is 0 Å². The molecule has 104 valence electrons. The second-order valence-corrected chi connectivity index (χ2v) is 4.50. The van der Waals surface area contributed by atoms with Gasteiger partial charge < -0.3 is 15.7 Å². The maximum Gasteiger partial charge on any atom is 0.330 e. The summed E-state index contributed by atoms with van der Waals surface area (Å²) in [5.74, 6) is -1.87. The number of benzene rings is 1. The van der Waals surface area contributed by atoms with E-state index in [2.05, 4.69) is 19.1 Å². The number of likely N-dealkylation sites (N-methyl/N-ethyl adjacent to an activating group) is 1. The Morgan fingerprint density at radius 1 is 1.26 bits per heavy atom. The second kappa shape index (κ2) is 6.89. The van der Waals surface area contributed by atoms with Gasteiger partial charge in [0.2, 0.25) is 0 Å². The molecule has 0 aromatic heterocycles. The average Bonchev–Trinajstić information content (AvgIpc) is 2.43. The van der Waals surface area contributed by atoms with Gasteiger partial charge in [-0.05, 0) is 24.0 Å². The van der Waals surface area contributed by atoms with Crippen LogP contribution in [0.15, 0.2) is 24.3 Å². The standard InChI is InChI=1S/C14H20N2O3/c1-3-10-4-6-11(7-5-10)8-9-16(2)13(17)12(15)14(18)19/h4-7,12H,3,8-9,15H2,1-2H3,(H,18,19). The lowest BCUT2D eigenvalue weighted by atomic mass is 10.1. The van der Waals surface area contributed by atoms with Crippen molar-refractivity contribution in [3.63, 3.8) is 0 Å². The molecule has 1 atom stereocenters. The van der Waals surface area contributed by atoms with Gasteiger partial charge in [0.15, 0.2) is 6.04 Å². The van der Waals surface area contributed by atoms with Gasteiger partial charge in [0.1, 0.15) is 0 Å². The first-order valence-corrected chi connectivity index (χ1v) is 6.27. The van der Waals surface area contributed by atoms with Crippen LogP contribution >= 0.6 is 0 Å². The van der Waals surface area contributed by atoms with Crippen molar-refractivity contribution in [3.05, 3.63) is 35.4 Å². The molecule has 1 unspecified atom stereocenters. The number of rotatable bonds is 6. The second-order valence-electron chi connectivity index (χ2n) is 4.50. The largest absolute Gasteiger partial charge is 0.480 e. The molecule has 0 aliphatic rings. The molecular weight excluding hydrogens is 244 g/mol. The summed E-state index contributed by atoms with van der Waals surface area (Å²) in [5, 5.41) is 8.67. The van der Waals surface area contributed by atoms with Crippen molar-refractivity contribution in [1.29, 1.82) is 0 Å². The molecule has 3 N–H and O–H groups in total. The average molecular weight is 264 g/mol. The SMILES string of the molecule is CCc1ccc(CCN(C)C(=O)C(N)C(=O)O)cc1. The van der Waals surface area contributed by atoms with E-state index in [4.69, 9.17) is 10.8 Å². The summed E-state index contributed by atoms with van der Waals surface area (Å²) in [4.78, 5) is 23.6. The summed E-state index contributed by atoms with van der Waals surface area (Å²) in [7, 11) is 1.56. The fourth-order valence-corrected chi connectivity index (χ4v) is 1.69. The van der Waals surface area contributed by atoms with Crippen LogP contribution in [-0.2, 0) is 22.4 Å². The molecule has 0 bridgehead atoms. The Morgan fingerprint density at radius 2 is 1.79 bits per heavy atom. The van der Waals surface area contributed by atoms with Crippen molar-refractivity contribution >= 4 is 11.9 Å². The van der Waals surface area contributed by atoms with Crippen LogP contribution in [-0.4, -0.2) is 41.5 Å². The van der Waals surface area contributed by atoms with Crippen LogP contribution in [0, 0.1) is 0 Å². The number of carbonyl (C=O) groups is 2. The van der Waals surface area contributed by atoms with Crippen molar-refractivity contribution in [2.24, 2.45) is 5.73 Å². The lowest BCUT2D eigenvalue weighted by Crippen LogP contribution is -2.47.